The molecule has 0 radical (unpaired) electrons. The summed E-state index contributed by atoms with van der Waals surface area (Å²) in [5, 5.41) is 38.4. The molecule has 1 aromatic rings. The van der Waals surface area contributed by atoms with Crippen LogP contribution in [0.2, 0.25) is 0 Å². The summed E-state index contributed by atoms with van der Waals surface area (Å²) in [6.45, 7) is 1.09. The molecule has 0 amide bonds. The van der Waals surface area contributed by atoms with Crippen molar-refractivity contribution >= 4 is 0 Å². The molecule has 0 unspecified atom stereocenters. The van der Waals surface area contributed by atoms with E-state index in [0.717, 1.165) is 0 Å². The standard InChI is InChI=1S/C13H19NO7/c1-6-12(7(16)3-4-14(6)2)21-13-11(19)10(18)9(17)8(5-15)20-13/h3-4,8-11,13,15,17-19H,5H2,1-2H3/t8-,9-,10+,11-,13+/m1/s1. The lowest BCUT2D eigenvalue weighted by Crippen LogP contribution is -2.60. The van der Waals surface area contributed by atoms with Crippen LogP contribution in [0.1, 0.15) is 5.69 Å². The van der Waals surface area contributed by atoms with Gasteiger partial charge >= 0.3 is 0 Å². The fourth-order valence-corrected chi connectivity index (χ4v) is 2.13. The molecule has 8 nitrogen and oxygen atoms in total. The summed E-state index contributed by atoms with van der Waals surface area (Å²) in [5.41, 5.74) is 0.113. The van der Waals surface area contributed by atoms with Gasteiger partial charge in [-0.05, 0) is 6.92 Å². The number of ether oxygens (including phenoxy) is 2. The van der Waals surface area contributed by atoms with Crippen LogP contribution in [0, 0.1) is 6.92 Å². The minimum atomic E-state index is -1.55. The Hall–Kier alpha value is -1.45. The summed E-state index contributed by atoms with van der Waals surface area (Å²) >= 11 is 0. The van der Waals surface area contributed by atoms with Crippen LogP contribution < -0.4 is 10.2 Å². The van der Waals surface area contributed by atoms with Crippen LogP contribution in [0.25, 0.3) is 0 Å². The monoisotopic (exact) mass is 301 g/mol. The fourth-order valence-electron chi connectivity index (χ4n) is 2.13. The van der Waals surface area contributed by atoms with Crippen molar-refractivity contribution in [2.75, 3.05) is 6.61 Å². The number of hydrogen-bond acceptors (Lipinski definition) is 7. The van der Waals surface area contributed by atoms with Crippen molar-refractivity contribution in [2.45, 2.75) is 37.6 Å². The van der Waals surface area contributed by atoms with Crippen molar-refractivity contribution in [3.8, 4) is 5.75 Å². The highest BCUT2D eigenvalue weighted by atomic mass is 16.7. The third-order valence-electron chi connectivity index (χ3n) is 3.61. The van der Waals surface area contributed by atoms with Crippen molar-refractivity contribution < 1.29 is 29.9 Å². The molecular formula is C13H19NO7. The molecular weight excluding hydrogens is 282 g/mol. The van der Waals surface area contributed by atoms with Crippen LogP contribution in [0.3, 0.4) is 0 Å². The second kappa shape index (κ2) is 6.12. The largest absolute Gasteiger partial charge is 0.456 e. The lowest BCUT2D eigenvalue weighted by atomic mass is 9.99. The third-order valence-corrected chi connectivity index (χ3v) is 3.61. The number of pyridine rings is 1. The Morgan fingerprint density at radius 3 is 2.57 bits per heavy atom. The molecule has 2 rings (SSSR count). The minimum Gasteiger partial charge on any atom is -0.456 e. The Bertz CT molecular complexity index is 556. The number of nitrogens with zero attached hydrogens (tertiary/aromatic N) is 1. The number of hydrogen-bond donors (Lipinski definition) is 4. The van der Waals surface area contributed by atoms with Crippen molar-refractivity contribution in [3.05, 3.63) is 28.2 Å². The first-order chi connectivity index (χ1) is 9.86. The maximum absolute atomic E-state index is 11.8. The zero-order valence-corrected chi connectivity index (χ0v) is 11.7. The molecule has 0 aliphatic carbocycles. The first-order valence-corrected chi connectivity index (χ1v) is 6.50. The lowest BCUT2D eigenvalue weighted by molar-refractivity contribution is -0.277. The molecule has 0 spiro atoms. The molecule has 5 atom stereocenters. The Morgan fingerprint density at radius 2 is 1.95 bits per heavy atom. The molecule has 0 saturated carbocycles. The van der Waals surface area contributed by atoms with Gasteiger partial charge in [0.25, 0.3) is 0 Å². The van der Waals surface area contributed by atoms with E-state index in [1.54, 1.807) is 24.7 Å². The molecule has 21 heavy (non-hydrogen) atoms. The Kier molecular flexibility index (Phi) is 4.64. The molecule has 1 aliphatic heterocycles. The van der Waals surface area contributed by atoms with Crippen molar-refractivity contribution in [2.24, 2.45) is 7.05 Å². The van der Waals surface area contributed by atoms with E-state index < -0.39 is 42.7 Å². The van der Waals surface area contributed by atoms with Crippen LogP contribution in [0.4, 0.5) is 0 Å². The predicted octanol–water partition coefficient (Wildman–Crippen LogP) is -2.13. The van der Waals surface area contributed by atoms with Gasteiger partial charge < -0.3 is 34.5 Å². The minimum absolute atomic E-state index is 0.0238. The van der Waals surface area contributed by atoms with E-state index in [1.165, 1.54) is 6.07 Å². The zero-order chi connectivity index (χ0) is 15.7. The van der Waals surface area contributed by atoms with Crippen molar-refractivity contribution in [1.82, 2.24) is 4.57 Å². The Balaban J connectivity index is 2.27. The molecule has 1 aromatic heterocycles. The maximum atomic E-state index is 11.8. The highest BCUT2D eigenvalue weighted by Crippen LogP contribution is 2.24. The van der Waals surface area contributed by atoms with Crippen LogP contribution in [0.15, 0.2) is 17.1 Å². The van der Waals surface area contributed by atoms with Gasteiger partial charge in [-0.1, -0.05) is 0 Å². The summed E-state index contributed by atoms with van der Waals surface area (Å²) in [6.07, 6.45) is -5.45. The molecule has 118 valence electrons. The van der Waals surface area contributed by atoms with Gasteiger partial charge in [0.05, 0.1) is 12.3 Å². The normalized spacial score (nSPS) is 33.0. The van der Waals surface area contributed by atoms with E-state index in [0.29, 0.717) is 5.69 Å². The quantitative estimate of drug-likeness (QED) is 0.503. The third kappa shape index (κ3) is 2.94. The van der Waals surface area contributed by atoms with Gasteiger partial charge in [-0.15, -0.1) is 0 Å². The number of aliphatic hydroxyl groups is 4. The molecule has 1 saturated heterocycles. The van der Waals surface area contributed by atoms with Gasteiger partial charge in [-0.3, -0.25) is 4.79 Å². The van der Waals surface area contributed by atoms with Gasteiger partial charge in [-0.2, -0.15) is 0 Å². The Morgan fingerprint density at radius 1 is 1.29 bits per heavy atom. The van der Waals surface area contributed by atoms with Crippen LogP contribution in [0.5, 0.6) is 5.75 Å². The molecule has 1 fully saturated rings. The van der Waals surface area contributed by atoms with E-state index in [-0.39, 0.29) is 5.75 Å². The maximum Gasteiger partial charge on any atom is 0.229 e. The summed E-state index contributed by atoms with van der Waals surface area (Å²) in [6, 6.07) is 1.30. The van der Waals surface area contributed by atoms with Gasteiger partial charge in [0.15, 0.2) is 5.75 Å². The number of aromatic nitrogens is 1. The second-order valence-corrected chi connectivity index (χ2v) is 5.02. The van der Waals surface area contributed by atoms with Crippen molar-refractivity contribution in [1.29, 1.82) is 0 Å². The van der Waals surface area contributed by atoms with Gasteiger partial charge in [0, 0.05) is 19.3 Å². The number of aliphatic hydroxyl groups excluding tert-OH is 4. The van der Waals surface area contributed by atoms with Crippen molar-refractivity contribution in [3.63, 3.8) is 0 Å². The van der Waals surface area contributed by atoms with E-state index in [4.69, 9.17) is 14.6 Å². The van der Waals surface area contributed by atoms with E-state index in [2.05, 4.69) is 0 Å². The van der Waals surface area contributed by atoms with E-state index >= 15 is 0 Å². The second-order valence-electron chi connectivity index (χ2n) is 5.02. The summed E-state index contributed by atoms with van der Waals surface area (Å²) in [4.78, 5) is 11.8. The van der Waals surface area contributed by atoms with E-state index in [1.807, 2.05) is 0 Å². The topological polar surface area (TPSA) is 121 Å². The summed E-state index contributed by atoms with van der Waals surface area (Å²) < 4.78 is 12.2. The average molecular weight is 301 g/mol. The smallest absolute Gasteiger partial charge is 0.229 e. The Labute approximate surface area is 120 Å². The van der Waals surface area contributed by atoms with Crippen LogP contribution in [-0.4, -0.2) is 62.3 Å². The van der Waals surface area contributed by atoms with Crippen LogP contribution >= 0.6 is 0 Å². The zero-order valence-electron chi connectivity index (χ0n) is 11.7. The summed E-state index contributed by atoms with van der Waals surface area (Å²) in [5.74, 6) is -0.0238. The molecule has 0 bridgehead atoms. The van der Waals surface area contributed by atoms with Gasteiger partial charge in [0.1, 0.15) is 24.4 Å². The molecule has 2 heterocycles. The highest BCUT2D eigenvalue weighted by molar-refractivity contribution is 5.27. The van der Waals surface area contributed by atoms with E-state index in [9.17, 15) is 20.1 Å². The summed E-state index contributed by atoms with van der Waals surface area (Å²) in [7, 11) is 1.72. The van der Waals surface area contributed by atoms with Gasteiger partial charge in [-0.25, -0.2) is 0 Å². The highest BCUT2D eigenvalue weighted by Gasteiger charge is 2.45. The van der Waals surface area contributed by atoms with Crippen LogP contribution in [-0.2, 0) is 11.8 Å². The van der Waals surface area contributed by atoms with Gasteiger partial charge in [0.2, 0.25) is 11.7 Å². The molecule has 8 heteroatoms. The first kappa shape index (κ1) is 15.9. The number of aryl methyl sites for hydroxylation is 1. The fraction of sp³-hybridized carbons (Fsp3) is 0.615. The predicted molar refractivity (Wildman–Crippen MR) is 70.8 cm³/mol. The SMILES string of the molecule is Cc1c(O[C@@H]2O[C@H](CO)[C@@H](O)[C@H](O)[C@H]2O)c(=O)ccn1C. The molecule has 0 aromatic carbocycles. The molecule has 4 N–H and O–H groups in total. The lowest BCUT2D eigenvalue weighted by Gasteiger charge is -2.39. The average Bonchev–Trinajstić information content (AvgIpc) is 2.47. The molecule has 1 aliphatic rings. The first-order valence-electron chi connectivity index (χ1n) is 6.50. The number of rotatable bonds is 3.